The van der Waals surface area contributed by atoms with Crippen molar-refractivity contribution in [2.75, 3.05) is 23.9 Å². The number of nitrogen functional groups attached to an aromatic ring is 1. The normalized spacial score (nSPS) is 12.0. The van der Waals surface area contributed by atoms with Crippen molar-refractivity contribution in [1.82, 2.24) is 14.8 Å². The van der Waals surface area contributed by atoms with E-state index in [2.05, 4.69) is 15.5 Å². The average molecular weight is 321 g/mol. The van der Waals surface area contributed by atoms with Gasteiger partial charge in [-0.1, -0.05) is 11.8 Å². The molecule has 0 saturated heterocycles. The number of ether oxygens (including phenoxy) is 1. The first kappa shape index (κ1) is 16.2. The number of benzene rings is 1. The smallest absolute Gasteiger partial charge is 0.247 e. The van der Waals surface area contributed by atoms with Gasteiger partial charge in [0.25, 0.3) is 0 Å². The highest BCUT2D eigenvalue weighted by atomic mass is 32.2. The number of nitrogens with one attached hydrogen (secondary N) is 1. The molecular weight excluding hydrogens is 302 g/mol. The fourth-order valence-corrected chi connectivity index (χ4v) is 2.53. The van der Waals surface area contributed by atoms with Crippen LogP contribution in [0.2, 0.25) is 0 Å². The minimum Gasteiger partial charge on any atom is -0.494 e. The number of amides is 1. The van der Waals surface area contributed by atoms with Crippen molar-refractivity contribution in [3.05, 3.63) is 24.3 Å². The number of hydrogen-bond donors (Lipinski definition) is 2. The summed E-state index contributed by atoms with van der Waals surface area (Å²) < 4.78 is 6.97. The van der Waals surface area contributed by atoms with E-state index < -0.39 is 6.04 Å². The van der Waals surface area contributed by atoms with E-state index in [-0.39, 0.29) is 11.9 Å². The fourth-order valence-electron chi connectivity index (χ4n) is 1.96. The summed E-state index contributed by atoms with van der Waals surface area (Å²) in [5.41, 5.74) is 6.47. The molecule has 1 aromatic heterocycles. The maximum atomic E-state index is 12.4. The number of rotatable bonds is 6. The van der Waals surface area contributed by atoms with Crippen molar-refractivity contribution in [1.29, 1.82) is 0 Å². The van der Waals surface area contributed by atoms with Crippen LogP contribution in [0.3, 0.4) is 0 Å². The molecule has 0 fully saturated rings. The topological polar surface area (TPSA) is 95.1 Å². The van der Waals surface area contributed by atoms with Gasteiger partial charge < -0.3 is 15.8 Å². The number of nitrogens with zero attached hydrogens (tertiary/aromatic N) is 3. The van der Waals surface area contributed by atoms with Crippen molar-refractivity contribution in [3.8, 4) is 5.75 Å². The number of carbonyl (C=O) groups excluding carboxylic acids is 1. The van der Waals surface area contributed by atoms with Crippen molar-refractivity contribution in [3.63, 3.8) is 0 Å². The third-order valence-corrected chi connectivity index (χ3v) is 3.72. The molecule has 0 bridgehead atoms. The number of carbonyl (C=O) groups is 1. The molecule has 1 atom stereocenters. The van der Waals surface area contributed by atoms with Gasteiger partial charge in [-0.25, -0.2) is 0 Å². The van der Waals surface area contributed by atoms with Crippen LogP contribution in [0.25, 0.3) is 0 Å². The Hall–Kier alpha value is -2.22. The van der Waals surface area contributed by atoms with Crippen LogP contribution in [0.5, 0.6) is 5.75 Å². The van der Waals surface area contributed by atoms with Crippen LogP contribution in [0, 0.1) is 0 Å². The molecule has 2 aromatic rings. The quantitative estimate of drug-likeness (QED) is 0.792. The third kappa shape index (κ3) is 3.51. The van der Waals surface area contributed by atoms with Gasteiger partial charge in [0, 0.05) is 5.69 Å². The first-order valence-electron chi connectivity index (χ1n) is 6.85. The van der Waals surface area contributed by atoms with Crippen molar-refractivity contribution >= 4 is 29.3 Å². The molecule has 8 heteroatoms. The molecule has 118 valence electrons. The van der Waals surface area contributed by atoms with Crippen LogP contribution >= 0.6 is 11.8 Å². The number of thioether (sulfide) groups is 1. The predicted octanol–water partition coefficient (Wildman–Crippen LogP) is 2.18. The van der Waals surface area contributed by atoms with Crippen molar-refractivity contribution in [2.45, 2.75) is 25.0 Å². The molecule has 1 amide bonds. The summed E-state index contributed by atoms with van der Waals surface area (Å²) in [5.74, 6) is 0.797. The van der Waals surface area contributed by atoms with E-state index >= 15 is 0 Å². The minimum atomic E-state index is -0.510. The predicted molar refractivity (Wildman–Crippen MR) is 87.2 cm³/mol. The van der Waals surface area contributed by atoms with Crippen LogP contribution in [0.4, 0.5) is 11.6 Å². The first-order chi connectivity index (χ1) is 10.6. The highest BCUT2D eigenvalue weighted by molar-refractivity contribution is 7.98. The Bertz CT molecular complexity index is 641. The van der Waals surface area contributed by atoms with Crippen molar-refractivity contribution < 1.29 is 9.53 Å². The molecule has 0 saturated carbocycles. The second-order valence-electron chi connectivity index (χ2n) is 4.54. The summed E-state index contributed by atoms with van der Waals surface area (Å²) in [7, 11) is 0. The highest BCUT2D eigenvalue weighted by Gasteiger charge is 2.21. The molecule has 1 aromatic carbocycles. The Balaban J connectivity index is 2.09. The van der Waals surface area contributed by atoms with Crippen molar-refractivity contribution in [2.24, 2.45) is 0 Å². The Morgan fingerprint density at radius 2 is 2.09 bits per heavy atom. The van der Waals surface area contributed by atoms with Crippen LogP contribution in [-0.4, -0.2) is 33.5 Å². The summed E-state index contributed by atoms with van der Waals surface area (Å²) in [6, 6.07) is 6.69. The van der Waals surface area contributed by atoms with E-state index in [1.807, 2.05) is 25.3 Å². The second-order valence-corrected chi connectivity index (χ2v) is 5.31. The second kappa shape index (κ2) is 7.17. The van der Waals surface area contributed by atoms with Crippen LogP contribution in [0.1, 0.15) is 19.9 Å². The van der Waals surface area contributed by atoms with Gasteiger partial charge in [-0.2, -0.15) is 0 Å². The zero-order valence-electron chi connectivity index (χ0n) is 12.7. The molecular formula is C14H19N5O2S. The molecule has 1 heterocycles. The lowest BCUT2D eigenvalue weighted by Crippen LogP contribution is -2.25. The van der Waals surface area contributed by atoms with E-state index in [9.17, 15) is 4.79 Å². The third-order valence-electron chi connectivity index (χ3n) is 3.07. The molecule has 22 heavy (non-hydrogen) atoms. The summed E-state index contributed by atoms with van der Waals surface area (Å²) in [5, 5.41) is 11.2. The lowest BCUT2D eigenvalue weighted by atomic mass is 10.2. The zero-order chi connectivity index (χ0) is 16.1. The molecule has 0 radical (unpaired) electrons. The molecule has 0 aliphatic heterocycles. The van der Waals surface area contributed by atoms with Gasteiger partial charge in [0.05, 0.1) is 6.61 Å². The summed E-state index contributed by atoms with van der Waals surface area (Å²) in [6.07, 6.45) is 1.86. The van der Waals surface area contributed by atoms with E-state index in [0.717, 1.165) is 5.75 Å². The SMILES string of the molecule is CCOc1ccc(NC(=O)[C@@H](C)n2c(N)nnc2SC)cc1. The molecule has 7 nitrogen and oxygen atoms in total. The molecule has 0 spiro atoms. The molecule has 3 N–H and O–H groups in total. The van der Waals surface area contributed by atoms with E-state index in [4.69, 9.17) is 10.5 Å². The highest BCUT2D eigenvalue weighted by Crippen LogP contribution is 2.22. The maximum Gasteiger partial charge on any atom is 0.247 e. The van der Waals surface area contributed by atoms with Gasteiger partial charge in [-0.05, 0) is 44.4 Å². The average Bonchev–Trinajstić information content (AvgIpc) is 2.89. The maximum absolute atomic E-state index is 12.4. The fraction of sp³-hybridized carbons (Fsp3) is 0.357. The number of anilines is 2. The monoisotopic (exact) mass is 321 g/mol. The first-order valence-corrected chi connectivity index (χ1v) is 8.07. The Morgan fingerprint density at radius 1 is 1.41 bits per heavy atom. The largest absolute Gasteiger partial charge is 0.494 e. The van der Waals surface area contributed by atoms with Gasteiger partial charge in [-0.3, -0.25) is 9.36 Å². The number of aromatic nitrogens is 3. The van der Waals surface area contributed by atoms with Crippen LogP contribution in [0.15, 0.2) is 29.4 Å². The zero-order valence-corrected chi connectivity index (χ0v) is 13.6. The lowest BCUT2D eigenvalue weighted by Gasteiger charge is -2.16. The minimum absolute atomic E-state index is 0.189. The standard InChI is InChI=1S/C14H19N5O2S/c1-4-21-11-7-5-10(6-8-11)16-12(20)9(2)19-13(15)17-18-14(19)22-3/h5-9H,4H2,1-3H3,(H2,15,17)(H,16,20)/t9-/m1/s1. The van der Waals surface area contributed by atoms with Gasteiger partial charge >= 0.3 is 0 Å². The van der Waals surface area contributed by atoms with Gasteiger partial charge in [0.15, 0.2) is 5.16 Å². The number of hydrogen-bond acceptors (Lipinski definition) is 6. The lowest BCUT2D eigenvalue weighted by molar-refractivity contribution is -0.118. The Kier molecular flexibility index (Phi) is 5.26. The molecule has 0 aliphatic rings. The van der Waals surface area contributed by atoms with Gasteiger partial charge in [0.2, 0.25) is 11.9 Å². The van der Waals surface area contributed by atoms with E-state index in [1.165, 1.54) is 11.8 Å². The number of nitrogens with two attached hydrogens (primary N) is 1. The summed E-state index contributed by atoms with van der Waals surface area (Å²) >= 11 is 1.39. The molecule has 0 aliphatic carbocycles. The van der Waals surface area contributed by atoms with Gasteiger partial charge in [-0.15, -0.1) is 10.2 Å². The molecule has 0 unspecified atom stereocenters. The van der Waals surface area contributed by atoms with E-state index in [1.54, 1.807) is 23.6 Å². The van der Waals surface area contributed by atoms with Gasteiger partial charge in [0.1, 0.15) is 11.8 Å². The summed E-state index contributed by atoms with van der Waals surface area (Å²) in [6.45, 7) is 4.28. The summed E-state index contributed by atoms with van der Waals surface area (Å²) in [4.78, 5) is 12.4. The Morgan fingerprint density at radius 3 is 2.68 bits per heavy atom. The van der Waals surface area contributed by atoms with Crippen LogP contribution in [-0.2, 0) is 4.79 Å². The van der Waals surface area contributed by atoms with E-state index in [0.29, 0.717) is 17.5 Å². The Labute approximate surface area is 133 Å². The van der Waals surface area contributed by atoms with Crippen LogP contribution < -0.4 is 15.8 Å². The molecule has 2 rings (SSSR count).